The summed E-state index contributed by atoms with van der Waals surface area (Å²) in [5.74, 6) is 1.23. The molecule has 1 aromatic carbocycles. The second-order valence-corrected chi connectivity index (χ2v) is 4.56. The molecule has 0 aliphatic carbocycles. The van der Waals surface area contributed by atoms with E-state index in [1.807, 2.05) is 12.1 Å². The molecule has 0 bridgehead atoms. The smallest absolute Gasteiger partial charge is 0.251 e. The van der Waals surface area contributed by atoms with Gasteiger partial charge in [-0.15, -0.1) is 6.58 Å². The summed E-state index contributed by atoms with van der Waals surface area (Å²) in [4.78, 5) is 11.7. The van der Waals surface area contributed by atoms with Crippen LogP contribution in [0.4, 0.5) is 0 Å². The van der Waals surface area contributed by atoms with Gasteiger partial charge in [0.25, 0.3) is 5.91 Å². The van der Waals surface area contributed by atoms with Crippen LogP contribution < -0.4 is 10.1 Å². The van der Waals surface area contributed by atoms with Crippen LogP contribution in [0.5, 0.6) is 5.75 Å². The SMILES string of the molecule is C=CCCNC(=O)c1ccc(OCC(C)C)cc1. The second-order valence-electron chi connectivity index (χ2n) is 4.56. The second kappa shape index (κ2) is 7.54. The van der Waals surface area contributed by atoms with Crippen LogP contribution in [0.3, 0.4) is 0 Å². The fourth-order valence-corrected chi connectivity index (χ4v) is 1.36. The Morgan fingerprint density at radius 3 is 2.61 bits per heavy atom. The van der Waals surface area contributed by atoms with Gasteiger partial charge in [0.05, 0.1) is 6.61 Å². The van der Waals surface area contributed by atoms with Crippen molar-refractivity contribution >= 4 is 5.91 Å². The van der Waals surface area contributed by atoms with E-state index in [2.05, 4.69) is 25.7 Å². The number of carbonyl (C=O) groups is 1. The van der Waals surface area contributed by atoms with Crippen LogP contribution in [0.25, 0.3) is 0 Å². The number of amides is 1. The van der Waals surface area contributed by atoms with Crippen LogP contribution in [0, 0.1) is 5.92 Å². The third-order valence-electron chi connectivity index (χ3n) is 2.33. The Bertz CT molecular complexity index is 382. The molecule has 0 heterocycles. The first kappa shape index (κ1) is 14.3. The summed E-state index contributed by atoms with van der Waals surface area (Å²) in [5.41, 5.74) is 0.649. The van der Waals surface area contributed by atoms with Gasteiger partial charge in [-0.2, -0.15) is 0 Å². The Kier molecular flexibility index (Phi) is 5.98. The number of rotatable bonds is 7. The quantitative estimate of drug-likeness (QED) is 0.594. The van der Waals surface area contributed by atoms with Crippen molar-refractivity contribution in [1.82, 2.24) is 5.32 Å². The summed E-state index contributed by atoms with van der Waals surface area (Å²) < 4.78 is 5.56. The Hall–Kier alpha value is -1.77. The van der Waals surface area contributed by atoms with Crippen LogP contribution in [-0.4, -0.2) is 19.1 Å². The molecule has 0 fully saturated rings. The van der Waals surface area contributed by atoms with Crippen molar-refractivity contribution in [1.29, 1.82) is 0 Å². The van der Waals surface area contributed by atoms with E-state index in [1.54, 1.807) is 18.2 Å². The highest BCUT2D eigenvalue weighted by molar-refractivity contribution is 5.94. The fourth-order valence-electron chi connectivity index (χ4n) is 1.36. The molecule has 0 aromatic heterocycles. The highest BCUT2D eigenvalue weighted by Crippen LogP contribution is 2.13. The first-order chi connectivity index (χ1) is 8.63. The van der Waals surface area contributed by atoms with E-state index in [-0.39, 0.29) is 5.91 Å². The molecule has 1 rings (SSSR count). The maximum absolute atomic E-state index is 11.7. The number of carbonyl (C=O) groups excluding carboxylic acids is 1. The zero-order chi connectivity index (χ0) is 13.4. The summed E-state index contributed by atoms with van der Waals surface area (Å²) in [6, 6.07) is 7.20. The van der Waals surface area contributed by atoms with E-state index in [0.29, 0.717) is 24.6 Å². The van der Waals surface area contributed by atoms with Crippen molar-refractivity contribution in [2.45, 2.75) is 20.3 Å². The third-order valence-corrected chi connectivity index (χ3v) is 2.33. The third kappa shape index (κ3) is 5.04. The molecule has 0 atom stereocenters. The summed E-state index contributed by atoms with van der Waals surface area (Å²) in [6.45, 7) is 9.11. The van der Waals surface area contributed by atoms with Crippen LogP contribution in [0.1, 0.15) is 30.6 Å². The summed E-state index contributed by atoms with van der Waals surface area (Å²) in [6.07, 6.45) is 2.56. The Balaban J connectivity index is 2.48. The summed E-state index contributed by atoms with van der Waals surface area (Å²) in [7, 11) is 0. The molecule has 3 nitrogen and oxygen atoms in total. The van der Waals surface area contributed by atoms with E-state index in [0.717, 1.165) is 12.2 Å². The van der Waals surface area contributed by atoms with Gasteiger partial charge in [-0.1, -0.05) is 19.9 Å². The highest BCUT2D eigenvalue weighted by Gasteiger charge is 2.04. The van der Waals surface area contributed by atoms with Crippen molar-refractivity contribution in [2.75, 3.05) is 13.2 Å². The van der Waals surface area contributed by atoms with Crippen LogP contribution in [0.15, 0.2) is 36.9 Å². The Morgan fingerprint density at radius 1 is 1.39 bits per heavy atom. The molecule has 1 aromatic rings. The molecular weight excluding hydrogens is 226 g/mol. The van der Waals surface area contributed by atoms with E-state index in [4.69, 9.17) is 4.74 Å². The molecule has 0 aliphatic heterocycles. The van der Waals surface area contributed by atoms with Crippen molar-refractivity contribution in [2.24, 2.45) is 5.92 Å². The number of hydrogen-bond donors (Lipinski definition) is 1. The minimum Gasteiger partial charge on any atom is -0.493 e. The lowest BCUT2D eigenvalue weighted by Gasteiger charge is -2.09. The van der Waals surface area contributed by atoms with Gasteiger partial charge in [0.1, 0.15) is 5.75 Å². The van der Waals surface area contributed by atoms with Crippen molar-refractivity contribution in [3.8, 4) is 5.75 Å². The van der Waals surface area contributed by atoms with Gasteiger partial charge in [-0.25, -0.2) is 0 Å². The zero-order valence-electron chi connectivity index (χ0n) is 11.1. The topological polar surface area (TPSA) is 38.3 Å². The fraction of sp³-hybridized carbons (Fsp3) is 0.400. The van der Waals surface area contributed by atoms with Crippen molar-refractivity contribution in [3.05, 3.63) is 42.5 Å². The molecule has 0 saturated carbocycles. The molecule has 1 N–H and O–H groups in total. The zero-order valence-corrected chi connectivity index (χ0v) is 11.1. The van der Waals surface area contributed by atoms with Crippen LogP contribution in [0.2, 0.25) is 0 Å². The maximum atomic E-state index is 11.7. The first-order valence-electron chi connectivity index (χ1n) is 6.25. The van der Waals surface area contributed by atoms with Gasteiger partial charge >= 0.3 is 0 Å². The van der Waals surface area contributed by atoms with Crippen LogP contribution >= 0.6 is 0 Å². The first-order valence-corrected chi connectivity index (χ1v) is 6.25. The lowest BCUT2D eigenvalue weighted by molar-refractivity contribution is 0.0954. The molecule has 0 spiro atoms. The predicted octanol–water partition coefficient (Wildman–Crippen LogP) is 3.03. The average Bonchev–Trinajstić information content (AvgIpc) is 2.37. The van der Waals surface area contributed by atoms with E-state index in [1.165, 1.54) is 0 Å². The molecule has 18 heavy (non-hydrogen) atoms. The van der Waals surface area contributed by atoms with E-state index >= 15 is 0 Å². The summed E-state index contributed by atoms with van der Waals surface area (Å²) >= 11 is 0. The van der Waals surface area contributed by atoms with Crippen LogP contribution in [-0.2, 0) is 0 Å². The molecule has 0 unspecified atom stereocenters. The maximum Gasteiger partial charge on any atom is 0.251 e. The highest BCUT2D eigenvalue weighted by atomic mass is 16.5. The molecular formula is C15H21NO2. The molecule has 0 radical (unpaired) electrons. The lowest BCUT2D eigenvalue weighted by Crippen LogP contribution is -2.23. The van der Waals surface area contributed by atoms with Gasteiger partial charge in [0, 0.05) is 12.1 Å². The molecule has 3 heteroatoms. The monoisotopic (exact) mass is 247 g/mol. The standard InChI is InChI=1S/C15H21NO2/c1-4-5-10-16-15(17)13-6-8-14(9-7-13)18-11-12(2)3/h4,6-9,12H,1,5,10-11H2,2-3H3,(H,16,17). The van der Waals surface area contributed by atoms with Gasteiger partial charge < -0.3 is 10.1 Å². The normalized spacial score (nSPS) is 10.2. The van der Waals surface area contributed by atoms with E-state index in [9.17, 15) is 4.79 Å². The average molecular weight is 247 g/mol. The minimum atomic E-state index is -0.0627. The molecule has 98 valence electrons. The van der Waals surface area contributed by atoms with Gasteiger partial charge in [-0.3, -0.25) is 4.79 Å². The molecule has 1 amide bonds. The number of hydrogen-bond acceptors (Lipinski definition) is 2. The minimum absolute atomic E-state index is 0.0627. The number of nitrogens with one attached hydrogen (secondary N) is 1. The lowest BCUT2D eigenvalue weighted by atomic mass is 10.2. The van der Waals surface area contributed by atoms with Gasteiger partial charge in [-0.05, 0) is 36.6 Å². The van der Waals surface area contributed by atoms with Gasteiger partial charge in [0.15, 0.2) is 0 Å². The summed E-state index contributed by atoms with van der Waals surface area (Å²) in [5, 5.41) is 2.82. The Morgan fingerprint density at radius 2 is 2.06 bits per heavy atom. The van der Waals surface area contributed by atoms with Gasteiger partial charge in [0.2, 0.25) is 0 Å². The number of benzene rings is 1. The largest absolute Gasteiger partial charge is 0.493 e. The predicted molar refractivity (Wildman–Crippen MR) is 73.9 cm³/mol. The van der Waals surface area contributed by atoms with E-state index < -0.39 is 0 Å². The molecule has 0 saturated heterocycles. The van der Waals surface area contributed by atoms with Crippen molar-refractivity contribution < 1.29 is 9.53 Å². The number of ether oxygens (including phenoxy) is 1. The van der Waals surface area contributed by atoms with Crippen molar-refractivity contribution in [3.63, 3.8) is 0 Å². The Labute approximate surface area is 109 Å². The molecule has 0 aliphatic rings.